The lowest BCUT2D eigenvalue weighted by atomic mass is 10.5. The van der Waals surface area contributed by atoms with Gasteiger partial charge in [0.2, 0.25) is 5.91 Å². The third kappa shape index (κ3) is 5.01. The Morgan fingerprint density at radius 2 is 2.50 bits per heavy atom. The third-order valence-electron chi connectivity index (χ3n) is 0.605. The normalized spacial score (nSPS) is 9.62. The Kier molecular flexibility index (Phi) is 3.66. The number of amides is 1. The third-order valence-corrected chi connectivity index (χ3v) is 0.605. The van der Waals surface area contributed by atoms with E-state index >= 15 is 0 Å². The zero-order valence-electron chi connectivity index (χ0n) is 4.85. The summed E-state index contributed by atoms with van der Waals surface area (Å²) < 4.78 is 0. The highest BCUT2D eigenvalue weighted by molar-refractivity contribution is 5.72. The van der Waals surface area contributed by atoms with Crippen molar-refractivity contribution >= 4 is 5.91 Å². The molecule has 0 unspecified atom stereocenters. The molecule has 8 heavy (non-hydrogen) atoms. The molecule has 0 saturated carbocycles. The van der Waals surface area contributed by atoms with Gasteiger partial charge in [0.25, 0.3) is 0 Å². The van der Waals surface area contributed by atoms with E-state index in [1.165, 1.54) is 13.1 Å². The van der Waals surface area contributed by atoms with E-state index < -0.39 is 0 Å². The molecule has 1 amide bonds. The first-order chi connectivity index (χ1) is 3.77. The van der Waals surface area contributed by atoms with Gasteiger partial charge in [-0.1, -0.05) is 0 Å². The van der Waals surface area contributed by atoms with Gasteiger partial charge in [0.05, 0.1) is 0 Å². The molecule has 0 aliphatic heterocycles. The van der Waals surface area contributed by atoms with E-state index in [4.69, 9.17) is 5.73 Å². The van der Waals surface area contributed by atoms with Crippen LogP contribution >= 0.6 is 0 Å². The van der Waals surface area contributed by atoms with Crippen molar-refractivity contribution in [1.29, 1.82) is 0 Å². The van der Waals surface area contributed by atoms with Crippen molar-refractivity contribution in [3.8, 4) is 0 Å². The average Bonchev–Trinajstić information content (AvgIpc) is 1.66. The predicted octanol–water partition coefficient (Wildman–Crippen LogP) is -0.405. The average molecular weight is 114 g/mol. The van der Waals surface area contributed by atoms with Gasteiger partial charge in [-0.15, -0.1) is 0 Å². The zero-order valence-corrected chi connectivity index (χ0v) is 4.85. The quantitative estimate of drug-likeness (QED) is 0.513. The summed E-state index contributed by atoms with van der Waals surface area (Å²) in [6.07, 6.45) is 3.07. The molecule has 0 aromatic rings. The molecule has 46 valence electrons. The smallest absolute Gasteiger partial charge is 0.217 e. The highest BCUT2D eigenvalue weighted by atomic mass is 16.1. The fourth-order valence-corrected chi connectivity index (χ4v) is 0.271. The SMILES string of the molecule is CC(=O)NCC=CN. The Hall–Kier alpha value is -0.990. The lowest BCUT2D eigenvalue weighted by Crippen LogP contribution is -2.19. The van der Waals surface area contributed by atoms with Gasteiger partial charge in [0, 0.05) is 13.5 Å². The predicted molar refractivity (Wildman–Crippen MR) is 32.0 cm³/mol. The van der Waals surface area contributed by atoms with Crippen molar-refractivity contribution in [2.75, 3.05) is 6.54 Å². The van der Waals surface area contributed by atoms with Crippen LogP contribution in [0, 0.1) is 0 Å². The van der Waals surface area contributed by atoms with E-state index in [-0.39, 0.29) is 5.91 Å². The Morgan fingerprint density at radius 1 is 1.88 bits per heavy atom. The van der Waals surface area contributed by atoms with Crippen LogP contribution in [-0.2, 0) is 4.79 Å². The Bertz CT molecular complexity index is 98.6. The summed E-state index contributed by atoms with van der Waals surface area (Å²) in [6.45, 7) is 1.98. The largest absolute Gasteiger partial charge is 0.405 e. The Morgan fingerprint density at radius 3 is 2.88 bits per heavy atom. The lowest BCUT2D eigenvalue weighted by Gasteiger charge is -1.91. The van der Waals surface area contributed by atoms with Crippen LogP contribution in [0.15, 0.2) is 12.3 Å². The Balaban J connectivity index is 3.05. The van der Waals surface area contributed by atoms with Crippen LogP contribution in [0.2, 0.25) is 0 Å². The standard InChI is InChI=1S/C5H10N2O/c1-5(8)7-4-2-3-6/h2-3H,4,6H2,1H3,(H,7,8). The number of hydrogen-bond donors (Lipinski definition) is 2. The fourth-order valence-electron chi connectivity index (χ4n) is 0.271. The molecule has 0 atom stereocenters. The molecule has 0 spiro atoms. The summed E-state index contributed by atoms with van der Waals surface area (Å²) >= 11 is 0. The molecular weight excluding hydrogens is 104 g/mol. The van der Waals surface area contributed by atoms with Gasteiger partial charge < -0.3 is 11.1 Å². The first kappa shape index (κ1) is 7.01. The molecule has 0 aromatic heterocycles. The molecular formula is C5H10N2O. The zero-order chi connectivity index (χ0) is 6.41. The van der Waals surface area contributed by atoms with Crippen molar-refractivity contribution < 1.29 is 4.79 Å². The van der Waals surface area contributed by atoms with Crippen molar-refractivity contribution in [1.82, 2.24) is 5.32 Å². The maximum absolute atomic E-state index is 10.1. The number of nitrogens with one attached hydrogen (secondary N) is 1. The Labute approximate surface area is 48.6 Å². The topological polar surface area (TPSA) is 55.1 Å². The summed E-state index contributed by atoms with van der Waals surface area (Å²) in [4.78, 5) is 10.1. The van der Waals surface area contributed by atoms with Crippen LogP contribution in [-0.4, -0.2) is 12.5 Å². The van der Waals surface area contributed by atoms with E-state index in [2.05, 4.69) is 5.32 Å². The minimum absolute atomic E-state index is 0.0388. The number of nitrogens with two attached hydrogens (primary N) is 1. The van der Waals surface area contributed by atoms with Gasteiger partial charge in [-0.05, 0) is 12.3 Å². The number of carbonyl (C=O) groups is 1. The number of carbonyl (C=O) groups excluding carboxylic acids is 1. The minimum Gasteiger partial charge on any atom is -0.405 e. The molecule has 3 heteroatoms. The van der Waals surface area contributed by atoms with Gasteiger partial charge in [0.1, 0.15) is 0 Å². The highest BCUT2D eigenvalue weighted by Gasteiger charge is 1.81. The van der Waals surface area contributed by atoms with Crippen LogP contribution in [0.1, 0.15) is 6.92 Å². The van der Waals surface area contributed by atoms with Gasteiger partial charge in [-0.2, -0.15) is 0 Å². The van der Waals surface area contributed by atoms with E-state index in [1.807, 2.05) is 0 Å². The van der Waals surface area contributed by atoms with Crippen molar-refractivity contribution in [3.05, 3.63) is 12.3 Å². The van der Waals surface area contributed by atoms with Crippen molar-refractivity contribution in [2.24, 2.45) is 5.73 Å². The van der Waals surface area contributed by atoms with Crippen LogP contribution in [0.3, 0.4) is 0 Å². The van der Waals surface area contributed by atoms with Crippen molar-refractivity contribution in [3.63, 3.8) is 0 Å². The van der Waals surface area contributed by atoms with Crippen LogP contribution in [0.5, 0.6) is 0 Å². The number of rotatable bonds is 2. The molecule has 0 saturated heterocycles. The van der Waals surface area contributed by atoms with Gasteiger partial charge >= 0.3 is 0 Å². The van der Waals surface area contributed by atoms with E-state index in [0.29, 0.717) is 6.54 Å². The molecule has 3 N–H and O–H groups in total. The van der Waals surface area contributed by atoms with Gasteiger partial charge in [-0.25, -0.2) is 0 Å². The van der Waals surface area contributed by atoms with Crippen LogP contribution in [0.25, 0.3) is 0 Å². The molecule has 0 rings (SSSR count). The molecule has 0 heterocycles. The summed E-state index contributed by atoms with van der Waals surface area (Å²) in [6, 6.07) is 0. The minimum atomic E-state index is -0.0388. The van der Waals surface area contributed by atoms with Crippen molar-refractivity contribution in [2.45, 2.75) is 6.92 Å². The monoisotopic (exact) mass is 114 g/mol. The molecule has 0 aromatic carbocycles. The first-order valence-corrected chi connectivity index (χ1v) is 2.38. The second kappa shape index (κ2) is 4.18. The van der Waals surface area contributed by atoms with Crippen LogP contribution < -0.4 is 11.1 Å². The molecule has 0 aliphatic carbocycles. The summed E-state index contributed by atoms with van der Waals surface area (Å²) in [5.74, 6) is -0.0388. The first-order valence-electron chi connectivity index (χ1n) is 2.38. The molecule has 3 nitrogen and oxygen atoms in total. The van der Waals surface area contributed by atoms with Gasteiger partial charge in [0.15, 0.2) is 0 Å². The van der Waals surface area contributed by atoms with Crippen LogP contribution in [0.4, 0.5) is 0 Å². The maximum Gasteiger partial charge on any atom is 0.217 e. The lowest BCUT2D eigenvalue weighted by molar-refractivity contribution is -0.118. The van der Waals surface area contributed by atoms with Gasteiger partial charge in [-0.3, -0.25) is 4.79 Å². The molecule has 0 radical (unpaired) electrons. The molecule has 0 bridgehead atoms. The maximum atomic E-state index is 10.1. The second-order valence-corrected chi connectivity index (χ2v) is 1.37. The molecule has 0 aliphatic rings. The second-order valence-electron chi connectivity index (χ2n) is 1.37. The number of hydrogen-bond acceptors (Lipinski definition) is 2. The highest BCUT2D eigenvalue weighted by Crippen LogP contribution is 1.62. The van der Waals surface area contributed by atoms with E-state index in [1.54, 1.807) is 6.08 Å². The molecule has 0 fully saturated rings. The summed E-state index contributed by atoms with van der Waals surface area (Å²) in [5, 5.41) is 2.54. The fraction of sp³-hybridized carbons (Fsp3) is 0.400. The van der Waals surface area contributed by atoms with E-state index in [9.17, 15) is 4.79 Å². The van der Waals surface area contributed by atoms with E-state index in [0.717, 1.165) is 0 Å². The summed E-state index contributed by atoms with van der Waals surface area (Å²) in [5.41, 5.74) is 4.98. The summed E-state index contributed by atoms with van der Waals surface area (Å²) in [7, 11) is 0.